The van der Waals surface area contributed by atoms with Gasteiger partial charge < -0.3 is 10.2 Å². The van der Waals surface area contributed by atoms with Crippen molar-refractivity contribution in [3.63, 3.8) is 0 Å². The molecule has 0 radical (unpaired) electrons. The van der Waals surface area contributed by atoms with E-state index in [4.69, 9.17) is 0 Å². The average molecular weight is 284 g/mol. The van der Waals surface area contributed by atoms with Gasteiger partial charge in [0, 0.05) is 25.3 Å². The van der Waals surface area contributed by atoms with Crippen molar-refractivity contribution in [2.75, 3.05) is 18.0 Å². The minimum absolute atomic E-state index is 0.175. The Hall–Kier alpha value is -1.87. The summed E-state index contributed by atoms with van der Waals surface area (Å²) >= 11 is 0. The molecule has 3 rings (SSSR count). The van der Waals surface area contributed by atoms with Gasteiger partial charge in [-0.25, -0.2) is 4.39 Å². The molecule has 1 heterocycles. The van der Waals surface area contributed by atoms with Gasteiger partial charge in [-0.2, -0.15) is 0 Å². The summed E-state index contributed by atoms with van der Waals surface area (Å²) in [7, 11) is 0. The topological polar surface area (TPSA) is 15.3 Å². The van der Waals surface area contributed by atoms with Crippen molar-refractivity contribution in [3.05, 3.63) is 65.5 Å². The molecule has 3 heteroatoms. The normalized spacial score (nSPS) is 16.2. The summed E-state index contributed by atoms with van der Waals surface area (Å²) in [5.74, 6) is -0.175. The van der Waals surface area contributed by atoms with Gasteiger partial charge in [0.2, 0.25) is 0 Å². The van der Waals surface area contributed by atoms with Crippen LogP contribution in [0.4, 0.5) is 10.1 Å². The smallest absolute Gasteiger partial charge is 0.123 e. The number of halogens is 1. The van der Waals surface area contributed by atoms with E-state index in [0.717, 1.165) is 26.1 Å². The fourth-order valence-corrected chi connectivity index (χ4v) is 3.13. The average Bonchev–Trinajstić information content (AvgIpc) is 2.73. The first-order valence-electron chi connectivity index (χ1n) is 7.60. The maximum Gasteiger partial charge on any atom is 0.123 e. The largest absolute Gasteiger partial charge is 0.363 e. The standard InChI is InChI=1S/C18H21FN2/c1-2-17(14-7-9-16(19)10-8-14)21-12-11-20-13-15-5-3-4-6-18(15)21/h3-10,17,20H,2,11-13H2,1H3. The molecule has 110 valence electrons. The number of fused-ring (bicyclic) bond motifs is 1. The minimum Gasteiger partial charge on any atom is -0.363 e. The van der Waals surface area contributed by atoms with Crippen LogP contribution in [0, 0.1) is 5.82 Å². The third-order valence-corrected chi connectivity index (χ3v) is 4.16. The molecule has 0 saturated carbocycles. The van der Waals surface area contributed by atoms with Gasteiger partial charge in [-0.15, -0.1) is 0 Å². The van der Waals surface area contributed by atoms with Crippen molar-refractivity contribution in [1.29, 1.82) is 0 Å². The Bertz CT molecular complexity index is 594. The Morgan fingerprint density at radius 2 is 1.90 bits per heavy atom. The molecule has 0 aliphatic carbocycles. The van der Waals surface area contributed by atoms with E-state index in [1.165, 1.54) is 16.8 Å². The summed E-state index contributed by atoms with van der Waals surface area (Å²) < 4.78 is 13.2. The van der Waals surface area contributed by atoms with Gasteiger partial charge in [0.15, 0.2) is 0 Å². The maximum absolute atomic E-state index is 13.2. The van der Waals surface area contributed by atoms with Crippen molar-refractivity contribution >= 4 is 5.69 Å². The molecule has 0 amide bonds. The zero-order chi connectivity index (χ0) is 14.7. The van der Waals surface area contributed by atoms with E-state index in [2.05, 4.69) is 41.4 Å². The zero-order valence-electron chi connectivity index (χ0n) is 12.3. The van der Waals surface area contributed by atoms with Crippen molar-refractivity contribution in [2.24, 2.45) is 0 Å². The summed E-state index contributed by atoms with van der Waals surface area (Å²) in [6.45, 7) is 5.03. The number of nitrogens with one attached hydrogen (secondary N) is 1. The molecule has 1 aliphatic heterocycles. The number of para-hydroxylation sites is 1. The minimum atomic E-state index is -0.175. The predicted molar refractivity (Wildman–Crippen MR) is 84.9 cm³/mol. The van der Waals surface area contributed by atoms with Crippen molar-refractivity contribution in [3.8, 4) is 0 Å². The Labute approximate surface area is 125 Å². The lowest BCUT2D eigenvalue weighted by atomic mass is 10.0. The summed E-state index contributed by atoms with van der Waals surface area (Å²) in [6.07, 6.45) is 1.000. The molecule has 21 heavy (non-hydrogen) atoms. The second-order valence-corrected chi connectivity index (χ2v) is 5.47. The van der Waals surface area contributed by atoms with Crippen molar-refractivity contribution in [2.45, 2.75) is 25.9 Å². The number of hydrogen-bond acceptors (Lipinski definition) is 2. The molecule has 0 fully saturated rings. The van der Waals surface area contributed by atoms with E-state index in [1.807, 2.05) is 12.1 Å². The first kappa shape index (κ1) is 14.1. The lowest BCUT2D eigenvalue weighted by Gasteiger charge is -2.33. The number of nitrogens with zero attached hydrogens (tertiary/aromatic N) is 1. The van der Waals surface area contributed by atoms with E-state index < -0.39 is 0 Å². The van der Waals surface area contributed by atoms with Gasteiger partial charge in [-0.3, -0.25) is 0 Å². The third-order valence-electron chi connectivity index (χ3n) is 4.16. The van der Waals surface area contributed by atoms with E-state index in [9.17, 15) is 4.39 Å². The second-order valence-electron chi connectivity index (χ2n) is 5.47. The van der Waals surface area contributed by atoms with Gasteiger partial charge in [0.25, 0.3) is 0 Å². The summed E-state index contributed by atoms with van der Waals surface area (Å²) in [5, 5.41) is 3.47. The van der Waals surface area contributed by atoms with Gasteiger partial charge in [-0.1, -0.05) is 37.3 Å². The summed E-state index contributed by atoms with van der Waals surface area (Å²) in [6, 6.07) is 15.8. The molecule has 0 spiro atoms. The molecule has 1 atom stereocenters. The highest BCUT2D eigenvalue weighted by molar-refractivity contribution is 5.56. The van der Waals surface area contributed by atoms with Gasteiger partial charge in [-0.05, 0) is 35.7 Å². The molecule has 1 N–H and O–H groups in total. The van der Waals surface area contributed by atoms with E-state index in [-0.39, 0.29) is 11.9 Å². The van der Waals surface area contributed by atoms with Crippen LogP contribution in [0.25, 0.3) is 0 Å². The number of rotatable bonds is 3. The van der Waals surface area contributed by atoms with Crippen LogP contribution in [-0.4, -0.2) is 13.1 Å². The molecule has 0 bridgehead atoms. The number of anilines is 1. The highest BCUT2D eigenvalue weighted by atomic mass is 19.1. The zero-order valence-corrected chi connectivity index (χ0v) is 12.3. The lowest BCUT2D eigenvalue weighted by molar-refractivity contribution is 0.586. The quantitative estimate of drug-likeness (QED) is 0.920. The molecule has 0 saturated heterocycles. The van der Waals surface area contributed by atoms with Crippen LogP contribution in [0.2, 0.25) is 0 Å². The Balaban J connectivity index is 1.98. The van der Waals surface area contributed by atoms with Crippen LogP contribution in [0.5, 0.6) is 0 Å². The summed E-state index contributed by atoms with van der Waals surface area (Å²) in [4.78, 5) is 2.45. The fraction of sp³-hybridized carbons (Fsp3) is 0.333. The molecule has 2 aromatic carbocycles. The van der Waals surface area contributed by atoms with E-state index in [0.29, 0.717) is 0 Å². The number of hydrogen-bond donors (Lipinski definition) is 1. The highest BCUT2D eigenvalue weighted by Crippen LogP contribution is 2.32. The Morgan fingerprint density at radius 1 is 1.14 bits per heavy atom. The van der Waals surface area contributed by atoms with E-state index >= 15 is 0 Å². The van der Waals surface area contributed by atoms with Crippen LogP contribution < -0.4 is 10.2 Å². The molecule has 0 aromatic heterocycles. The van der Waals surface area contributed by atoms with Crippen molar-refractivity contribution < 1.29 is 4.39 Å². The first-order valence-corrected chi connectivity index (χ1v) is 7.60. The van der Waals surface area contributed by atoms with E-state index in [1.54, 1.807) is 12.1 Å². The first-order chi connectivity index (χ1) is 10.3. The van der Waals surface area contributed by atoms with Crippen molar-refractivity contribution in [1.82, 2.24) is 5.32 Å². The molecule has 2 aromatic rings. The van der Waals surface area contributed by atoms with Gasteiger partial charge in [0.05, 0.1) is 6.04 Å². The van der Waals surface area contributed by atoms with Crippen LogP contribution >= 0.6 is 0 Å². The molecule has 2 nitrogen and oxygen atoms in total. The van der Waals surface area contributed by atoms with Crippen LogP contribution in [-0.2, 0) is 6.54 Å². The van der Waals surface area contributed by atoms with Crippen LogP contribution in [0.1, 0.15) is 30.5 Å². The monoisotopic (exact) mass is 284 g/mol. The van der Waals surface area contributed by atoms with Gasteiger partial charge >= 0.3 is 0 Å². The lowest BCUT2D eigenvalue weighted by Crippen LogP contribution is -2.32. The van der Waals surface area contributed by atoms with Crippen LogP contribution in [0.15, 0.2) is 48.5 Å². The highest BCUT2D eigenvalue weighted by Gasteiger charge is 2.22. The molecule has 1 aliphatic rings. The molecule has 1 unspecified atom stereocenters. The maximum atomic E-state index is 13.2. The van der Waals surface area contributed by atoms with Crippen LogP contribution in [0.3, 0.4) is 0 Å². The number of benzene rings is 2. The van der Waals surface area contributed by atoms with Gasteiger partial charge in [0.1, 0.15) is 5.82 Å². The predicted octanol–water partition coefficient (Wildman–Crippen LogP) is 3.89. The SMILES string of the molecule is CCC(c1ccc(F)cc1)N1CCNCc2ccccc21. The molecular weight excluding hydrogens is 263 g/mol. The Kier molecular flexibility index (Phi) is 4.20. The third kappa shape index (κ3) is 2.93. The summed E-state index contributed by atoms with van der Waals surface area (Å²) in [5.41, 5.74) is 3.80. The second kappa shape index (κ2) is 6.27. The fourth-order valence-electron chi connectivity index (χ4n) is 3.13. The Morgan fingerprint density at radius 3 is 2.67 bits per heavy atom. The molecular formula is C18H21FN2.